The average molecular weight is 323 g/mol. The Labute approximate surface area is 146 Å². The molecule has 0 heterocycles. The van der Waals surface area contributed by atoms with Crippen molar-refractivity contribution in [3.05, 3.63) is 24.3 Å². The normalized spacial score (nSPS) is 47.0. The Hall–Kier alpha value is -1.36. The Morgan fingerprint density at radius 3 is 2.92 bits per heavy atom. The number of rotatable bonds is 2. The van der Waals surface area contributed by atoms with Gasteiger partial charge in [0.15, 0.2) is 5.78 Å². The van der Waals surface area contributed by atoms with Crippen LogP contribution < -0.4 is 0 Å². The quantitative estimate of drug-likeness (QED) is 0.666. The van der Waals surface area contributed by atoms with Gasteiger partial charge in [0.2, 0.25) is 0 Å². The molecule has 0 aromatic rings. The molecule has 4 aliphatic carbocycles. The maximum absolute atomic E-state index is 11.9. The fraction of sp³-hybridized carbons (Fsp3) is 0.727. The second-order valence-corrected chi connectivity index (χ2v) is 8.67. The lowest BCUT2D eigenvalue weighted by molar-refractivity contribution is -0.116. The Kier molecular flexibility index (Phi) is 3.94. The summed E-state index contributed by atoms with van der Waals surface area (Å²) < 4.78 is 0. The topological polar surface area (TPSA) is 40.9 Å². The van der Waals surface area contributed by atoms with Crippen LogP contribution in [0.15, 0.2) is 24.3 Å². The predicted octanol–water partition coefficient (Wildman–Crippen LogP) is 5.07. The average Bonchev–Trinajstić information content (AvgIpc) is 2.99. The summed E-state index contributed by atoms with van der Waals surface area (Å²) in [6.45, 7) is 6.46. The number of carbonyl (C=O) groups is 1. The van der Waals surface area contributed by atoms with Crippen LogP contribution in [-0.2, 0) is 4.79 Å². The molecular weight excluding hydrogens is 294 g/mol. The van der Waals surface area contributed by atoms with Gasteiger partial charge in [0.1, 0.15) is 0 Å². The van der Waals surface area contributed by atoms with Crippen molar-refractivity contribution in [2.45, 2.75) is 58.3 Å². The molecule has 128 valence electrons. The van der Waals surface area contributed by atoms with Crippen molar-refractivity contribution >= 4 is 5.78 Å². The number of nitrogens with zero attached hydrogens (tertiary/aromatic N) is 1. The lowest BCUT2D eigenvalue weighted by Gasteiger charge is -2.56. The molecule has 0 amide bonds. The molecule has 0 unspecified atom stereocenters. The molecular formula is C22H29NO. The van der Waals surface area contributed by atoms with Crippen molar-refractivity contribution in [2.75, 3.05) is 0 Å². The molecule has 0 spiro atoms. The summed E-state index contributed by atoms with van der Waals surface area (Å²) in [5, 5.41) is 9.72. The highest BCUT2D eigenvalue weighted by Crippen LogP contribution is 2.66. The zero-order valence-corrected chi connectivity index (χ0v) is 14.8. The zero-order valence-electron chi connectivity index (χ0n) is 14.8. The van der Waals surface area contributed by atoms with Crippen LogP contribution in [-0.4, -0.2) is 5.78 Å². The van der Waals surface area contributed by atoms with Crippen LogP contribution in [0.25, 0.3) is 0 Å². The standard InChI is InChI=1S/C22H29NO/c1-3-14-11-15-12-17(24)6-7-18(15)19-9-10-22(4-2)16(13-23)5-8-20(22)21(14)19/h3,12,14,16,18-21H,1,4-11H2,2H3/t14-,16-,18+,19-,20+,21-,22-/m1/s1. The zero-order chi connectivity index (χ0) is 16.9. The predicted molar refractivity (Wildman–Crippen MR) is 94.9 cm³/mol. The number of ketones is 1. The smallest absolute Gasteiger partial charge is 0.155 e. The molecule has 0 bridgehead atoms. The van der Waals surface area contributed by atoms with E-state index in [0.29, 0.717) is 35.4 Å². The van der Waals surface area contributed by atoms with E-state index in [9.17, 15) is 10.1 Å². The van der Waals surface area contributed by atoms with E-state index in [4.69, 9.17) is 0 Å². The minimum atomic E-state index is 0.253. The molecule has 0 aromatic carbocycles. The van der Waals surface area contributed by atoms with Crippen LogP contribution in [0.4, 0.5) is 0 Å². The second kappa shape index (κ2) is 5.87. The lowest BCUT2D eigenvalue weighted by atomic mass is 9.48. The molecule has 24 heavy (non-hydrogen) atoms. The summed E-state index contributed by atoms with van der Waals surface area (Å²) in [5.74, 6) is 3.79. The SMILES string of the molecule is C=C[C@@H]1CC2=CC(=O)CC[C@@H]2[C@H]2CC[C@]3(CC)[C@@H](C#N)CC[C@H]3[C@@H]21. The highest BCUT2D eigenvalue weighted by Gasteiger charge is 2.59. The molecule has 2 heteroatoms. The van der Waals surface area contributed by atoms with Crippen molar-refractivity contribution < 1.29 is 4.79 Å². The largest absolute Gasteiger partial charge is 0.295 e. The van der Waals surface area contributed by atoms with Gasteiger partial charge in [0.25, 0.3) is 0 Å². The summed E-state index contributed by atoms with van der Waals surface area (Å²) in [7, 11) is 0. The molecule has 7 atom stereocenters. The summed E-state index contributed by atoms with van der Waals surface area (Å²) in [5.41, 5.74) is 1.67. The fourth-order valence-electron chi connectivity index (χ4n) is 7.22. The van der Waals surface area contributed by atoms with E-state index >= 15 is 0 Å². The third-order valence-electron chi connectivity index (χ3n) is 8.22. The lowest BCUT2D eigenvalue weighted by Crippen LogP contribution is -2.50. The first-order chi connectivity index (χ1) is 11.6. The van der Waals surface area contributed by atoms with E-state index in [2.05, 4.69) is 25.6 Å². The van der Waals surface area contributed by atoms with Crippen LogP contribution in [0, 0.1) is 52.3 Å². The van der Waals surface area contributed by atoms with Gasteiger partial charge in [-0.15, -0.1) is 6.58 Å². The molecule has 0 saturated heterocycles. The van der Waals surface area contributed by atoms with Gasteiger partial charge < -0.3 is 0 Å². The number of carbonyl (C=O) groups excluding carboxylic acids is 1. The maximum Gasteiger partial charge on any atom is 0.155 e. The molecule has 3 fully saturated rings. The molecule has 0 N–H and O–H groups in total. The van der Waals surface area contributed by atoms with Crippen molar-refractivity contribution in [3.63, 3.8) is 0 Å². The molecule has 0 aliphatic heterocycles. The molecule has 2 nitrogen and oxygen atoms in total. The van der Waals surface area contributed by atoms with Gasteiger partial charge >= 0.3 is 0 Å². The van der Waals surface area contributed by atoms with E-state index in [1.54, 1.807) is 0 Å². The third kappa shape index (κ3) is 2.10. The minimum absolute atomic E-state index is 0.253. The first-order valence-corrected chi connectivity index (χ1v) is 9.90. The van der Waals surface area contributed by atoms with Crippen molar-refractivity contribution in [1.82, 2.24) is 0 Å². The Morgan fingerprint density at radius 2 is 2.21 bits per heavy atom. The number of nitriles is 1. The maximum atomic E-state index is 11.9. The summed E-state index contributed by atoms with van der Waals surface area (Å²) in [6.07, 6.45) is 12.9. The number of allylic oxidation sites excluding steroid dienone is 2. The van der Waals surface area contributed by atoms with E-state index < -0.39 is 0 Å². The second-order valence-electron chi connectivity index (χ2n) is 8.67. The van der Waals surface area contributed by atoms with Crippen molar-refractivity contribution in [1.29, 1.82) is 5.26 Å². The van der Waals surface area contributed by atoms with Crippen LogP contribution >= 0.6 is 0 Å². The van der Waals surface area contributed by atoms with E-state index in [-0.39, 0.29) is 11.3 Å². The molecule has 4 aliphatic rings. The molecule has 0 aromatic heterocycles. The van der Waals surface area contributed by atoms with Gasteiger partial charge in [-0.25, -0.2) is 0 Å². The van der Waals surface area contributed by atoms with Crippen LogP contribution in [0.3, 0.4) is 0 Å². The Bertz CT molecular complexity index is 626. The van der Waals surface area contributed by atoms with E-state index in [1.165, 1.54) is 24.8 Å². The fourth-order valence-corrected chi connectivity index (χ4v) is 7.22. The van der Waals surface area contributed by atoms with Crippen LogP contribution in [0.5, 0.6) is 0 Å². The Morgan fingerprint density at radius 1 is 1.38 bits per heavy atom. The van der Waals surface area contributed by atoms with Crippen molar-refractivity contribution in [2.24, 2.45) is 40.9 Å². The number of fused-ring (bicyclic) bond motifs is 5. The monoisotopic (exact) mass is 323 g/mol. The number of hydrogen-bond acceptors (Lipinski definition) is 2. The van der Waals surface area contributed by atoms with Gasteiger partial charge in [0.05, 0.1) is 12.0 Å². The summed E-state index contributed by atoms with van der Waals surface area (Å²) in [6, 6.07) is 2.66. The third-order valence-corrected chi connectivity index (χ3v) is 8.22. The molecule has 0 radical (unpaired) electrons. The van der Waals surface area contributed by atoms with Crippen molar-refractivity contribution in [3.8, 4) is 6.07 Å². The Balaban J connectivity index is 1.72. The van der Waals surface area contributed by atoms with Gasteiger partial charge in [-0.1, -0.05) is 18.6 Å². The highest BCUT2D eigenvalue weighted by molar-refractivity contribution is 5.91. The van der Waals surface area contributed by atoms with E-state index in [0.717, 1.165) is 32.1 Å². The molecule has 3 saturated carbocycles. The number of hydrogen-bond donors (Lipinski definition) is 0. The summed E-state index contributed by atoms with van der Waals surface area (Å²) in [4.78, 5) is 11.9. The van der Waals surface area contributed by atoms with Gasteiger partial charge in [0, 0.05) is 6.42 Å². The van der Waals surface area contributed by atoms with Gasteiger partial charge in [-0.2, -0.15) is 5.26 Å². The van der Waals surface area contributed by atoms with E-state index in [1.807, 2.05) is 6.08 Å². The van der Waals surface area contributed by atoms with Gasteiger partial charge in [-0.3, -0.25) is 4.79 Å². The van der Waals surface area contributed by atoms with Crippen LogP contribution in [0.1, 0.15) is 58.3 Å². The van der Waals surface area contributed by atoms with Crippen LogP contribution in [0.2, 0.25) is 0 Å². The summed E-state index contributed by atoms with van der Waals surface area (Å²) >= 11 is 0. The first-order valence-electron chi connectivity index (χ1n) is 9.90. The minimum Gasteiger partial charge on any atom is -0.295 e. The van der Waals surface area contributed by atoms with Gasteiger partial charge in [-0.05, 0) is 86.0 Å². The molecule has 4 rings (SSSR count). The highest BCUT2D eigenvalue weighted by atomic mass is 16.1. The first kappa shape index (κ1) is 16.1.